The number of esters is 1. The summed E-state index contributed by atoms with van der Waals surface area (Å²) >= 11 is 0. The van der Waals surface area contributed by atoms with E-state index in [1.807, 2.05) is 0 Å². The summed E-state index contributed by atoms with van der Waals surface area (Å²) in [6, 6.07) is 0.652. The Morgan fingerprint density at radius 3 is 2.30 bits per heavy atom. The second kappa shape index (κ2) is 11.1. The summed E-state index contributed by atoms with van der Waals surface area (Å²) in [7, 11) is 1.46. The van der Waals surface area contributed by atoms with Gasteiger partial charge in [0.25, 0.3) is 0 Å². The SMILES string of the molecule is CCCCN(CCC(NC(C)C)C(=O)OC)C(C)CC. The summed E-state index contributed by atoms with van der Waals surface area (Å²) < 4.78 is 4.89. The Hall–Kier alpha value is -0.610. The fraction of sp³-hybridized carbons (Fsp3) is 0.938. The molecule has 0 saturated carbocycles. The first-order valence-corrected chi connectivity index (χ1v) is 8.04. The van der Waals surface area contributed by atoms with E-state index >= 15 is 0 Å². The number of methoxy groups -OCH3 is 1. The van der Waals surface area contributed by atoms with Crippen LogP contribution >= 0.6 is 0 Å². The summed E-state index contributed by atoms with van der Waals surface area (Å²) in [6.07, 6.45) is 4.37. The van der Waals surface area contributed by atoms with Crippen LogP contribution in [-0.2, 0) is 9.53 Å². The van der Waals surface area contributed by atoms with Gasteiger partial charge in [-0.25, -0.2) is 0 Å². The number of carbonyl (C=O) groups excluding carboxylic acids is 1. The topological polar surface area (TPSA) is 41.6 Å². The summed E-state index contributed by atoms with van der Waals surface area (Å²) in [6.45, 7) is 12.9. The lowest BCUT2D eigenvalue weighted by Gasteiger charge is -2.30. The number of ether oxygens (including phenoxy) is 1. The summed E-state index contributed by atoms with van der Waals surface area (Å²) in [4.78, 5) is 14.3. The van der Waals surface area contributed by atoms with E-state index < -0.39 is 0 Å². The molecule has 0 heterocycles. The molecule has 0 spiro atoms. The lowest BCUT2D eigenvalue weighted by atomic mass is 10.1. The van der Waals surface area contributed by atoms with Gasteiger partial charge in [0.05, 0.1) is 7.11 Å². The van der Waals surface area contributed by atoms with Crippen LogP contribution in [0.2, 0.25) is 0 Å². The van der Waals surface area contributed by atoms with Crippen LogP contribution in [0.1, 0.15) is 60.3 Å². The molecular formula is C16H34N2O2. The molecule has 0 fully saturated rings. The molecule has 0 aliphatic carbocycles. The van der Waals surface area contributed by atoms with Crippen molar-refractivity contribution in [2.24, 2.45) is 0 Å². The Kier molecular flexibility index (Phi) is 10.8. The summed E-state index contributed by atoms with van der Waals surface area (Å²) in [5, 5.41) is 3.30. The maximum absolute atomic E-state index is 11.8. The molecule has 4 nitrogen and oxygen atoms in total. The fourth-order valence-corrected chi connectivity index (χ4v) is 2.28. The number of carbonyl (C=O) groups is 1. The molecule has 0 aromatic rings. The third-order valence-electron chi connectivity index (χ3n) is 3.74. The van der Waals surface area contributed by atoms with Gasteiger partial charge in [-0.3, -0.25) is 4.79 Å². The van der Waals surface area contributed by atoms with Crippen molar-refractivity contribution >= 4 is 5.97 Å². The summed E-state index contributed by atoms with van der Waals surface area (Å²) in [5.74, 6) is -0.154. The molecule has 2 unspecified atom stereocenters. The van der Waals surface area contributed by atoms with Crippen LogP contribution in [0.5, 0.6) is 0 Å². The number of unbranched alkanes of at least 4 members (excludes halogenated alkanes) is 1. The molecule has 0 radical (unpaired) electrons. The summed E-state index contributed by atoms with van der Waals surface area (Å²) in [5.41, 5.74) is 0. The van der Waals surface area contributed by atoms with Gasteiger partial charge in [-0.05, 0) is 32.7 Å². The zero-order chi connectivity index (χ0) is 15.5. The third-order valence-corrected chi connectivity index (χ3v) is 3.74. The Balaban J connectivity index is 4.47. The van der Waals surface area contributed by atoms with Crippen LogP contribution in [0.4, 0.5) is 0 Å². The van der Waals surface area contributed by atoms with E-state index in [4.69, 9.17) is 4.74 Å². The van der Waals surface area contributed by atoms with Crippen LogP contribution in [0.25, 0.3) is 0 Å². The van der Waals surface area contributed by atoms with Crippen LogP contribution in [0.3, 0.4) is 0 Å². The third kappa shape index (κ3) is 7.85. The quantitative estimate of drug-likeness (QED) is 0.593. The maximum atomic E-state index is 11.8. The zero-order valence-electron chi connectivity index (χ0n) is 14.2. The highest BCUT2D eigenvalue weighted by Crippen LogP contribution is 2.09. The van der Waals surface area contributed by atoms with Gasteiger partial charge in [-0.2, -0.15) is 0 Å². The highest BCUT2D eigenvalue weighted by atomic mass is 16.5. The maximum Gasteiger partial charge on any atom is 0.322 e. The molecule has 0 bridgehead atoms. The van der Waals surface area contributed by atoms with E-state index in [2.05, 4.69) is 44.8 Å². The van der Waals surface area contributed by atoms with Crippen LogP contribution < -0.4 is 5.32 Å². The largest absolute Gasteiger partial charge is 0.468 e. The van der Waals surface area contributed by atoms with Crippen molar-refractivity contribution in [3.05, 3.63) is 0 Å². The average Bonchev–Trinajstić information content (AvgIpc) is 2.43. The first kappa shape index (κ1) is 19.4. The molecule has 4 heteroatoms. The van der Waals surface area contributed by atoms with Gasteiger partial charge < -0.3 is 15.0 Å². The second-order valence-corrected chi connectivity index (χ2v) is 5.83. The molecule has 0 aromatic carbocycles. The molecule has 0 aliphatic heterocycles. The van der Waals surface area contributed by atoms with Gasteiger partial charge in [-0.15, -0.1) is 0 Å². The molecular weight excluding hydrogens is 252 g/mol. The minimum absolute atomic E-state index is 0.154. The average molecular weight is 286 g/mol. The van der Waals surface area contributed by atoms with Gasteiger partial charge in [-0.1, -0.05) is 34.1 Å². The molecule has 120 valence electrons. The van der Waals surface area contributed by atoms with Crippen LogP contribution in [0.15, 0.2) is 0 Å². The first-order valence-electron chi connectivity index (χ1n) is 8.04. The highest BCUT2D eigenvalue weighted by Gasteiger charge is 2.21. The van der Waals surface area contributed by atoms with E-state index in [0.29, 0.717) is 6.04 Å². The fourth-order valence-electron chi connectivity index (χ4n) is 2.28. The highest BCUT2D eigenvalue weighted by molar-refractivity contribution is 5.75. The second-order valence-electron chi connectivity index (χ2n) is 5.83. The predicted molar refractivity (Wildman–Crippen MR) is 84.9 cm³/mol. The van der Waals surface area contributed by atoms with Gasteiger partial charge in [0.1, 0.15) is 6.04 Å². The number of rotatable bonds is 11. The molecule has 20 heavy (non-hydrogen) atoms. The smallest absolute Gasteiger partial charge is 0.322 e. The zero-order valence-corrected chi connectivity index (χ0v) is 14.2. The van der Waals surface area contributed by atoms with Crippen LogP contribution in [0, 0.1) is 0 Å². The van der Waals surface area contributed by atoms with Crippen molar-refractivity contribution in [3.63, 3.8) is 0 Å². The van der Waals surface area contributed by atoms with Gasteiger partial charge in [0, 0.05) is 18.6 Å². The standard InChI is InChI=1S/C16H34N2O2/c1-7-9-11-18(14(5)8-2)12-10-15(16(19)20-6)17-13(3)4/h13-15,17H,7-12H2,1-6H3. The van der Waals surface area contributed by atoms with E-state index in [-0.39, 0.29) is 18.1 Å². The molecule has 2 atom stereocenters. The number of nitrogens with zero attached hydrogens (tertiary/aromatic N) is 1. The normalized spacial score (nSPS) is 14.6. The number of hydrogen-bond acceptors (Lipinski definition) is 4. The lowest BCUT2D eigenvalue weighted by molar-refractivity contribution is -0.143. The van der Waals surface area contributed by atoms with E-state index in [1.165, 1.54) is 20.0 Å². The van der Waals surface area contributed by atoms with Crippen molar-refractivity contribution in [2.45, 2.75) is 78.4 Å². The van der Waals surface area contributed by atoms with Gasteiger partial charge in [0.2, 0.25) is 0 Å². The first-order chi connectivity index (χ1) is 9.46. The predicted octanol–water partition coefficient (Wildman–Crippen LogP) is 2.82. The molecule has 0 aliphatic rings. The van der Waals surface area contributed by atoms with Crippen molar-refractivity contribution < 1.29 is 9.53 Å². The Labute approximate surface area is 125 Å². The molecule has 0 amide bonds. The van der Waals surface area contributed by atoms with Gasteiger partial charge >= 0.3 is 5.97 Å². The number of hydrogen-bond donors (Lipinski definition) is 1. The van der Waals surface area contributed by atoms with E-state index in [1.54, 1.807) is 0 Å². The van der Waals surface area contributed by atoms with E-state index in [0.717, 1.165) is 25.9 Å². The van der Waals surface area contributed by atoms with Gasteiger partial charge in [0.15, 0.2) is 0 Å². The monoisotopic (exact) mass is 286 g/mol. The number of nitrogens with one attached hydrogen (secondary N) is 1. The van der Waals surface area contributed by atoms with Crippen molar-refractivity contribution in [2.75, 3.05) is 20.2 Å². The molecule has 0 saturated heterocycles. The minimum atomic E-state index is -0.201. The lowest BCUT2D eigenvalue weighted by Crippen LogP contribution is -2.45. The van der Waals surface area contributed by atoms with E-state index in [9.17, 15) is 4.79 Å². The van der Waals surface area contributed by atoms with Crippen molar-refractivity contribution in [1.29, 1.82) is 0 Å². The van der Waals surface area contributed by atoms with Crippen molar-refractivity contribution in [1.82, 2.24) is 10.2 Å². The Morgan fingerprint density at radius 1 is 1.20 bits per heavy atom. The Morgan fingerprint density at radius 2 is 1.85 bits per heavy atom. The molecule has 1 N–H and O–H groups in total. The van der Waals surface area contributed by atoms with Crippen LogP contribution in [-0.4, -0.2) is 49.2 Å². The molecule has 0 rings (SSSR count). The molecule has 0 aromatic heterocycles. The van der Waals surface area contributed by atoms with Crippen molar-refractivity contribution in [3.8, 4) is 0 Å². The minimum Gasteiger partial charge on any atom is -0.468 e. The Bertz CT molecular complexity index is 257.